The second kappa shape index (κ2) is 8.03. The average Bonchev–Trinajstić information content (AvgIpc) is 2.37. The first-order valence-electron chi connectivity index (χ1n) is 6.10. The Morgan fingerprint density at radius 1 is 1.35 bits per heavy atom. The van der Waals surface area contributed by atoms with Crippen LogP contribution in [0, 0.1) is 0 Å². The monoisotopic (exact) mass is 238 g/mol. The minimum absolute atomic E-state index is 0.343. The van der Waals surface area contributed by atoms with Crippen molar-refractivity contribution in [3.8, 4) is 5.88 Å². The lowest BCUT2D eigenvalue weighted by Gasteiger charge is -2.17. The van der Waals surface area contributed by atoms with Crippen molar-refractivity contribution in [1.82, 2.24) is 10.3 Å². The molecule has 0 saturated heterocycles. The zero-order valence-electron chi connectivity index (χ0n) is 10.9. The van der Waals surface area contributed by atoms with Gasteiger partial charge in [-0.1, -0.05) is 13.0 Å². The van der Waals surface area contributed by atoms with Crippen molar-refractivity contribution in [2.24, 2.45) is 0 Å². The summed E-state index contributed by atoms with van der Waals surface area (Å²) in [5.74, 6) is 0.651. The SMILES string of the molecule is CCNC(COCC)Cc1ccc(OC)nc1. The summed E-state index contributed by atoms with van der Waals surface area (Å²) in [6.07, 6.45) is 2.78. The molecule has 17 heavy (non-hydrogen) atoms. The molecule has 4 nitrogen and oxygen atoms in total. The van der Waals surface area contributed by atoms with Crippen molar-refractivity contribution >= 4 is 0 Å². The van der Waals surface area contributed by atoms with Crippen LogP contribution in [0.1, 0.15) is 19.4 Å². The van der Waals surface area contributed by atoms with Gasteiger partial charge in [0.1, 0.15) is 0 Å². The topological polar surface area (TPSA) is 43.4 Å². The number of nitrogens with zero attached hydrogens (tertiary/aromatic N) is 1. The molecule has 1 N–H and O–H groups in total. The molecule has 0 amide bonds. The Kier molecular flexibility index (Phi) is 6.58. The van der Waals surface area contributed by atoms with E-state index in [1.807, 2.05) is 25.3 Å². The smallest absolute Gasteiger partial charge is 0.212 e. The number of aromatic nitrogens is 1. The first kappa shape index (κ1) is 13.9. The molecule has 4 heteroatoms. The summed E-state index contributed by atoms with van der Waals surface area (Å²) in [4.78, 5) is 4.20. The number of rotatable bonds is 8. The number of methoxy groups -OCH3 is 1. The summed E-state index contributed by atoms with van der Waals surface area (Å²) in [5.41, 5.74) is 1.19. The molecule has 0 fully saturated rings. The Labute approximate surface area is 103 Å². The van der Waals surface area contributed by atoms with Crippen LogP contribution in [0.2, 0.25) is 0 Å². The molecule has 1 atom stereocenters. The number of pyridine rings is 1. The fraction of sp³-hybridized carbons (Fsp3) is 0.615. The maximum atomic E-state index is 5.46. The number of hydrogen-bond acceptors (Lipinski definition) is 4. The van der Waals surface area contributed by atoms with E-state index in [9.17, 15) is 0 Å². The standard InChI is InChI=1S/C13H22N2O2/c1-4-14-12(10-17-5-2)8-11-6-7-13(16-3)15-9-11/h6-7,9,12,14H,4-5,8,10H2,1-3H3. The van der Waals surface area contributed by atoms with Crippen molar-refractivity contribution in [1.29, 1.82) is 0 Å². The number of likely N-dealkylation sites (N-methyl/N-ethyl adjacent to an activating group) is 1. The molecular weight excluding hydrogens is 216 g/mol. The molecule has 0 radical (unpaired) electrons. The Morgan fingerprint density at radius 2 is 2.18 bits per heavy atom. The van der Waals surface area contributed by atoms with Crippen molar-refractivity contribution in [3.05, 3.63) is 23.9 Å². The Hall–Kier alpha value is -1.13. The highest BCUT2D eigenvalue weighted by molar-refractivity contribution is 5.18. The van der Waals surface area contributed by atoms with Crippen LogP contribution in [0.25, 0.3) is 0 Å². The molecule has 1 aromatic heterocycles. The highest BCUT2D eigenvalue weighted by Gasteiger charge is 2.08. The molecular formula is C13H22N2O2. The van der Waals surface area contributed by atoms with Crippen LogP contribution in [0.3, 0.4) is 0 Å². The summed E-state index contributed by atoms with van der Waals surface area (Å²) in [6.45, 7) is 6.55. The van der Waals surface area contributed by atoms with E-state index in [-0.39, 0.29) is 0 Å². The van der Waals surface area contributed by atoms with Crippen LogP contribution in [0.15, 0.2) is 18.3 Å². The van der Waals surface area contributed by atoms with Gasteiger partial charge in [0, 0.05) is 24.9 Å². The van der Waals surface area contributed by atoms with Gasteiger partial charge in [0.25, 0.3) is 0 Å². The quantitative estimate of drug-likeness (QED) is 0.748. The van der Waals surface area contributed by atoms with Gasteiger partial charge in [-0.25, -0.2) is 4.98 Å². The molecule has 96 valence electrons. The first-order chi connectivity index (χ1) is 8.30. The van der Waals surface area contributed by atoms with Gasteiger partial charge in [-0.2, -0.15) is 0 Å². The zero-order chi connectivity index (χ0) is 12.5. The lowest BCUT2D eigenvalue weighted by Crippen LogP contribution is -2.35. The minimum Gasteiger partial charge on any atom is -0.481 e. The molecule has 0 aliphatic heterocycles. The third kappa shape index (κ3) is 5.15. The van der Waals surface area contributed by atoms with Crippen LogP contribution in [-0.2, 0) is 11.2 Å². The minimum atomic E-state index is 0.343. The molecule has 0 bridgehead atoms. The van der Waals surface area contributed by atoms with Gasteiger partial charge in [-0.05, 0) is 25.5 Å². The number of hydrogen-bond donors (Lipinski definition) is 1. The third-order valence-electron chi connectivity index (χ3n) is 2.50. The number of ether oxygens (including phenoxy) is 2. The number of nitrogens with one attached hydrogen (secondary N) is 1. The predicted molar refractivity (Wildman–Crippen MR) is 68.5 cm³/mol. The lowest BCUT2D eigenvalue weighted by molar-refractivity contribution is 0.123. The van der Waals surface area contributed by atoms with Crippen LogP contribution in [-0.4, -0.2) is 37.9 Å². The average molecular weight is 238 g/mol. The zero-order valence-corrected chi connectivity index (χ0v) is 10.9. The van der Waals surface area contributed by atoms with E-state index in [0.29, 0.717) is 11.9 Å². The van der Waals surface area contributed by atoms with Crippen molar-refractivity contribution in [3.63, 3.8) is 0 Å². The lowest BCUT2D eigenvalue weighted by atomic mass is 10.1. The van der Waals surface area contributed by atoms with Crippen molar-refractivity contribution in [2.75, 3.05) is 26.9 Å². The first-order valence-corrected chi connectivity index (χ1v) is 6.10. The molecule has 0 aliphatic carbocycles. The van der Waals surface area contributed by atoms with E-state index in [1.54, 1.807) is 7.11 Å². The second-order valence-corrected chi connectivity index (χ2v) is 3.83. The molecule has 1 rings (SSSR count). The highest BCUT2D eigenvalue weighted by atomic mass is 16.5. The van der Waals surface area contributed by atoms with Crippen molar-refractivity contribution < 1.29 is 9.47 Å². The Balaban J connectivity index is 2.51. The molecule has 1 unspecified atom stereocenters. The van der Waals surface area contributed by atoms with Gasteiger partial charge in [0.05, 0.1) is 13.7 Å². The largest absolute Gasteiger partial charge is 0.481 e. The molecule has 0 aromatic carbocycles. The van der Waals surface area contributed by atoms with E-state index in [2.05, 4.69) is 17.2 Å². The van der Waals surface area contributed by atoms with E-state index in [4.69, 9.17) is 9.47 Å². The van der Waals surface area contributed by atoms with E-state index in [0.717, 1.165) is 26.2 Å². The molecule has 1 aromatic rings. The van der Waals surface area contributed by atoms with E-state index >= 15 is 0 Å². The molecule has 1 heterocycles. The summed E-state index contributed by atoms with van der Waals surface area (Å²) < 4.78 is 10.5. The summed E-state index contributed by atoms with van der Waals surface area (Å²) in [7, 11) is 1.62. The Morgan fingerprint density at radius 3 is 2.71 bits per heavy atom. The normalized spacial score (nSPS) is 12.4. The second-order valence-electron chi connectivity index (χ2n) is 3.83. The van der Waals surface area contributed by atoms with Crippen LogP contribution in [0.4, 0.5) is 0 Å². The fourth-order valence-corrected chi connectivity index (χ4v) is 1.68. The predicted octanol–water partition coefficient (Wildman–Crippen LogP) is 1.65. The fourth-order valence-electron chi connectivity index (χ4n) is 1.68. The molecule has 0 spiro atoms. The van der Waals surface area contributed by atoms with Crippen LogP contribution >= 0.6 is 0 Å². The Bertz CT molecular complexity index is 301. The molecule has 0 aliphatic rings. The van der Waals surface area contributed by atoms with Gasteiger partial charge in [-0.15, -0.1) is 0 Å². The highest BCUT2D eigenvalue weighted by Crippen LogP contribution is 2.08. The van der Waals surface area contributed by atoms with Gasteiger partial charge >= 0.3 is 0 Å². The third-order valence-corrected chi connectivity index (χ3v) is 2.50. The van der Waals surface area contributed by atoms with Gasteiger partial charge in [0.2, 0.25) is 5.88 Å². The summed E-state index contributed by atoms with van der Waals surface area (Å²) in [6, 6.07) is 4.27. The van der Waals surface area contributed by atoms with E-state index < -0.39 is 0 Å². The maximum absolute atomic E-state index is 5.46. The summed E-state index contributed by atoms with van der Waals surface area (Å²) in [5, 5.41) is 3.41. The van der Waals surface area contributed by atoms with Crippen LogP contribution < -0.4 is 10.1 Å². The summed E-state index contributed by atoms with van der Waals surface area (Å²) >= 11 is 0. The van der Waals surface area contributed by atoms with Crippen LogP contribution in [0.5, 0.6) is 5.88 Å². The van der Waals surface area contributed by atoms with Crippen molar-refractivity contribution in [2.45, 2.75) is 26.3 Å². The maximum Gasteiger partial charge on any atom is 0.212 e. The van der Waals surface area contributed by atoms with Gasteiger partial charge in [0.15, 0.2) is 0 Å². The van der Waals surface area contributed by atoms with Gasteiger partial charge in [-0.3, -0.25) is 0 Å². The van der Waals surface area contributed by atoms with E-state index in [1.165, 1.54) is 5.56 Å². The molecule has 0 saturated carbocycles. The van der Waals surface area contributed by atoms with Gasteiger partial charge < -0.3 is 14.8 Å².